The highest BCUT2D eigenvalue weighted by Crippen LogP contribution is 2.32. The lowest BCUT2D eigenvalue weighted by atomic mass is 10.1. The quantitative estimate of drug-likeness (QED) is 0.456. The monoisotopic (exact) mass is 451 g/mol. The van der Waals surface area contributed by atoms with Gasteiger partial charge in [0.05, 0.1) is 10.2 Å². The predicted octanol–water partition coefficient (Wildman–Crippen LogP) is 4.53. The molecule has 0 unspecified atom stereocenters. The Morgan fingerprint density at radius 1 is 1.29 bits per heavy atom. The lowest BCUT2D eigenvalue weighted by Gasteiger charge is -2.06. The summed E-state index contributed by atoms with van der Waals surface area (Å²) in [5, 5.41) is 9.80. The minimum atomic E-state index is -0.221. The Balaban J connectivity index is 2.15. The Hall–Kier alpha value is -1.73. The van der Waals surface area contributed by atoms with Crippen molar-refractivity contribution in [2.75, 3.05) is 0 Å². The molecule has 0 amide bonds. The van der Waals surface area contributed by atoms with Gasteiger partial charge in [-0.15, -0.1) is 0 Å². The summed E-state index contributed by atoms with van der Waals surface area (Å²) in [5.74, 6) is -0.253. The molecule has 0 bridgehead atoms. The molecule has 0 aliphatic heterocycles. The Bertz CT molecular complexity index is 898. The van der Waals surface area contributed by atoms with Crippen molar-refractivity contribution in [3.05, 3.63) is 56.6 Å². The summed E-state index contributed by atoms with van der Waals surface area (Å²) in [6.07, 6.45) is 4.55. The van der Waals surface area contributed by atoms with Crippen molar-refractivity contribution >= 4 is 43.3 Å². The van der Waals surface area contributed by atoms with Gasteiger partial charge in [0.25, 0.3) is 0 Å². The number of ketones is 1. The Labute approximate surface area is 156 Å². The summed E-state index contributed by atoms with van der Waals surface area (Å²) < 4.78 is 2.43. The zero-order chi connectivity index (χ0) is 17.3. The van der Waals surface area contributed by atoms with Gasteiger partial charge in [-0.25, -0.2) is 9.97 Å². The van der Waals surface area contributed by atoms with Crippen LogP contribution in [0, 0.1) is 0 Å². The first kappa shape index (κ1) is 17.1. The lowest BCUT2D eigenvalue weighted by Crippen LogP contribution is -2.10. The highest BCUT2D eigenvalue weighted by molar-refractivity contribution is 9.11. The fourth-order valence-corrected chi connectivity index (χ4v) is 3.59. The topological polar surface area (TPSA) is 67.5 Å². The second-order valence-electron chi connectivity index (χ2n) is 5.40. The number of imidazole rings is 1. The molecule has 0 aliphatic carbocycles. The number of rotatable bonds is 5. The number of unbranched alkanes of at least 4 members (excludes halogenated alkanes) is 1. The van der Waals surface area contributed by atoms with Gasteiger partial charge < -0.3 is 5.11 Å². The van der Waals surface area contributed by atoms with Crippen LogP contribution in [0.4, 0.5) is 0 Å². The van der Waals surface area contributed by atoms with E-state index in [-0.39, 0.29) is 21.8 Å². The van der Waals surface area contributed by atoms with Gasteiger partial charge in [-0.2, -0.15) is 0 Å². The molecule has 24 heavy (non-hydrogen) atoms. The van der Waals surface area contributed by atoms with Gasteiger partial charge in [0.15, 0.2) is 5.75 Å². The minimum Gasteiger partial charge on any atom is -0.504 e. The number of hydrogen-bond donors (Lipinski definition) is 1. The number of hydrogen-bond acceptors (Lipinski definition) is 4. The van der Waals surface area contributed by atoms with E-state index in [4.69, 9.17) is 0 Å². The van der Waals surface area contributed by atoms with Crippen LogP contribution in [0.1, 0.15) is 41.6 Å². The molecule has 0 aliphatic rings. The van der Waals surface area contributed by atoms with Gasteiger partial charge >= 0.3 is 0 Å². The van der Waals surface area contributed by atoms with Crippen LogP contribution >= 0.6 is 31.9 Å². The van der Waals surface area contributed by atoms with E-state index in [0.29, 0.717) is 10.2 Å². The standard InChI is InChI=1S/C17H15Br2N3O2/c1-2-3-6-11-14(22-8-5-4-7-13(22)20-11)16(24)12-9-10(18)15(23)17(19)21-12/h4-5,7-9,23H,2-3,6H2,1H3. The van der Waals surface area contributed by atoms with E-state index >= 15 is 0 Å². The predicted molar refractivity (Wildman–Crippen MR) is 98.5 cm³/mol. The van der Waals surface area contributed by atoms with Crippen LogP contribution in [-0.4, -0.2) is 25.3 Å². The first-order chi connectivity index (χ1) is 11.5. The van der Waals surface area contributed by atoms with Crippen molar-refractivity contribution in [1.29, 1.82) is 0 Å². The summed E-state index contributed by atoms with van der Waals surface area (Å²) in [4.78, 5) is 21.8. The molecule has 0 radical (unpaired) electrons. The Morgan fingerprint density at radius 2 is 2.08 bits per heavy atom. The van der Waals surface area contributed by atoms with Crippen LogP contribution < -0.4 is 0 Å². The van der Waals surface area contributed by atoms with Gasteiger partial charge in [0.1, 0.15) is 21.6 Å². The molecule has 3 aromatic heterocycles. The Morgan fingerprint density at radius 3 is 2.79 bits per heavy atom. The van der Waals surface area contributed by atoms with E-state index < -0.39 is 0 Å². The van der Waals surface area contributed by atoms with E-state index in [1.165, 1.54) is 6.07 Å². The first-order valence-corrected chi connectivity index (χ1v) is 9.17. The number of aryl methyl sites for hydroxylation is 1. The van der Waals surface area contributed by atoms with Gasteiger partial charge in [-0.05, 0) is 62.9 Å². The zero-order valence-corrected chi connectivity index (χ0v) is 16.1. The molecule has 0 spiro atoms. The lowest BCUT2D eigenvalue weighted by molar-refractivity contribution is 0.102. The summed E-state index contributed by atoms with van der Waals surface area (Å²) in [7, 11) is 0. The minimum absolute atomic E-state index is 0.0316. The van der Waals surface area contributed by atoms with Gasteiger partial charge in [-0.1, -0.05) is 19.4 Å². The summed E-state index contributed by atoms with van der Waals surface area (Å²) in [6, 6.07) is 7.16. The van der Waals surface area contributed by atoms with Crippen molar-refractivity contribution in [2.45, 2.75) is 26.2 Å². The largest absolute Gasteiger partial charge is 0.504 e. The fourth-order valence-electron chi connectivity index (χ4n) is 2.52. The van der Waals surface area contributed by atoms with Crippen molar-refractivity contribution in [1.82, 2.24) is 14.4 Å². The molecule has 3 rings (SSSR count). The Kier molecular flexibility index (Phi) is 5.01. The third-order valence-electron chi connectivity index (χ3n) is 3.72. The number of aromatic hydroxyl groups is 1. The molecule has 1 N–H and O–H groups in total. The van der Waals surface area contributed by atoms with Crippen LogP contribution in [0.25, 0.3) is 5.65 Å². The molecule has 7 heteroatoms. The molecule has 0 saturated heterocycles. The SMILES string of the molecule is CCCCc1nc2ccccn2c1C(=O)c1cc(Br)c(O)c(Br)n1. The summed E-state index contributed by atoms with van der Waals surface area (Å²) in [6.45, 7) is 2.10. The smallest absolute Gasteiger partial charge is 0.230 e. The van der Waals surface area contributed by atoms with Crippen LogP contribution in [0.15, 0.2) is 39.5 Å². The van der Waals surface area contributed by atoms with Crippen molar-refractivity contribution in [3.8, 4) is 5.75 Å². The van der Waals surface area contributed by atoms with Gasteiger partial charge in [0.2, 0.25) is 5.78 Å². The number of fused-ring (bicyclic) bond motifs is 1. The van der Waals surface area contributed by atoms with E-state index in [1.54, 1.807) is 4.40 Å². The molecule has 0 fully saturated rings. The molecule has 5 nitrogen and oxygen atoms in total. The number of pyridine rings is 2. The number of carbonyl (C=O) groups is 1. The molecule has 0 saturated carbocycles. The molecule has 3 aromatic rings. The third-order valence-corrected chi connectivity index (χ3v) is 4.88. The van der Waals surface area contributed by atoms with Crippen molar-refractivity contribution < 1.29 is 9.90 Å². The zero-order valence-electron chi connectivity index (χ0n) is 13.0. The van der Waals surface area contributed by atoms with Crippen LogP contribution in [0.2, 0.25) is 0 Å². The summed E-state index contributed by atoms with van der Waals surface area (Å²) >= 11 is 6.42. The van der Waals surface area contributed by atoms with E-state index in [1.807, 2.05) is 24.4 Å². The normalized spacial score (nSPS) is 11.1. The molecule has 0 aromatic carbocycles. The molecular formula is C17H15Br2N3O2. The number of nitrogens with zero attached hydrogens (tertiary/aromatic N) is 3. The third kappa shape index (κ3) is 3.10. The van der Waals surface area contributed by atoms with Crippen molar-refractivity contribution in [2.24, 2.45) is 0 Å². The second-order valence-corrected chi connectivity index (χ2v) is 7.00. The maximum atomic E-state index is 13.1. The van der Waals surface area contributed by atoms with Gasteiger partial charge in [0, 0.05) is 6.20 Å². The maximum absolute atomic E-state index is 13.1. The fraction of sp³-hybridized carbons (Fsp3) is 0.235. The van der Waals surface area contributed by atoms with Crippen molar-refractivity contribution in [3.63, 3.8) is 0 Å². The van der Waals surface area contributed by atoms with E-state index in [2.05, 4.69) is 48.8 Å². The van der Waals surface area contributed by atoms with Crippen LogP contribution in [0.5, 0.6) is 5.75 Å². The molecular weight excluding hydrogens is 438 g/mol. The first-order valence-electron chi connectivity index (χ1n) is 7.58. The molecule has 124 valence electrons. The van der Waals surface area contributed by atoms with Crippen LogP contribution in [0.3, 0.4) is 0 Å². The highest BCUT2D eigenvalue weighted by atomic mass is 79.9. The van der Waals surface area contributed by atoms with E-state index in [0.717, 1.165) is 30.6 Å². The maximum Gasteiger partial charge on any atom is 0.230 e. The second kappa shape index (κ2) is 7.03. The number of aromatic nitrogens is 3. The summed E-state index contributed by atoms with van der Waals surface area (Å²) in [5.41, 5.74) is 2.28. The number of carbonyl (C=O) groups excluding carboxylic acids is 1. The van der Waals surface area contributed by atoms with Gasteiger partial charge in [-0.3, -0.25) is 9.20 Å². The molecule has 3 heterocycles. The average molecular weight is 453 g/mol. The van der Waals surface area contributed by atoms with Crippen LogP contribution in [-0.2, 0) is 6.42 Å². The average Bonchev–Trinajstić information content (AvgIpc) is 2.95. The highest BCUT2D eigenvalue weighted by Gasteiger charge is 2.23. The number of halogens is 2. The van der Waals surface area contributed by atoms with E-state index in [9.17, 15) is 9.90 Å². The molecule has 0 atom stereocenters.